The average molecular weight is 401 g/mol. The first kappa shape index (κ1) is 22.2. The molecule has 0 saturated heterocycles. The maximum atomic E-state index is 13.2. The number of amides is 2. The van der Waals surface area contributed by atoms with Gasteiger partial charge in [0.2, 0.25) is 11.8 Å². The van der Waals surface area contributed by atoms with Crippen molar-refractivity contribution in [3.63, 3.8) is 0 Å². The number of carbonyl (C=O) groups excluding carboxylic acids is 2. The lowest BCUT2D eigenvalue weighted by Crippen LogP contribution is -2.47. The lowest BCUT2D eigenvalue weighted by atomic mass is 9.94. The quantitative estimate of drug-likeness (QED) is 0.638. The molecular formula is C23H32N2O2S. The second-order valence-electron chi connectivity index (χ2n) is 8.64. The van der Waals surface area contributed by atoms with Crippen molar-refractivity contribution < 1.29 is 9.59 Å². The molecule has 5 heteroatoms. The number of thiophene rings is 1. The number of benzene rings is 1. The van der Waals surface area contributed by atoms with Crippen LogP contribution < -0.4 is 0 Å². The Hall–Kier alpha value is -2.14. The Morgan fingerprint density at radius 1 is 0.964 bits per heavy atom. The van der Waals surface area contributed by atoms with Gasteiger partial charge < -0.3 is 9.80 Å². The number of hydrogen-bond acceptors (Lipinski definition) is 3. The largest absolute Gasteiger partial charge is 0.333 e. The molecule has 0 saturated carbocycles. The van der Waals surface area contributed by atoms with Crippen LogP contribution in [0.2, 0.25) is 0 Å². The Kier molecular flexibility index (Phi) is 7.81. The van der Waals surface area contributed by atoms with E-state index in [2.05, 4.69) is 13.8 Å². The molecule has 2 aromatic rings. The molecule has 1 aromatic heterocycles. The monoisotopic (exact) mass is 400 g/mol. The third-order valence-electron chi connectivity index (χ3n) is 4.34. The molecule has 28 heavy (non-hydrogen) atoms. The van der Waals surface area contributed by atoms with E-state index < -0.39 is 5.41 Å². The Morgan fingerprint density at radius 2 is 1.64 bits per heavy atom. The molecule has 0 N–H and O–H groups in total. The van der Waals surface area contributed by atoms with Crippen LogP contribution in [0.25, 0.3) is 0 Å². The summed E-state index contributed by atoms with van der Waals surface area (Å²) in [6.07, 6.45) is 0. The summed E-state index contributed by atoms with van der Waals surface area (Å²) in [5.41, 5.74) is 0.581. The summed E-state index contributed by atoms with van der Waals surface area (Å²) in [5, 5.41) is 2.02. The highest BCUT2D eigenvalue weighted by atomic mass is 32.1. The normalized spacial score (nSPS) is 11.5. The van der Waals surface area contributed by atoms with Gasteiger partial charge in [0, 0.05) is 23.4 Å². The topological polar surface area (TPSA) is 40.6 Å². The van der Waals surface area contributed by atoms with Crippen LogP contribution in [0.3, 0.4) is 0 Å². The summed E-state index contributed by atoms with van der Waals surface area (Å²) in [4.78, 5) is 30.8. The minimum absolute atomic E-state index is 0.0181. The average Bonchev–Trinajstić information content (AvgIpc) is 3.12. The fraction of sp³-hybridized carbons (Fsp3) is 0.478. The molecule has 152 valence electrons. The predicted octanol–water partition coefficient (Wildman–Crippen LogP) is 4.81. The fourth-order valence-electron chi connectivity index (χ4n) is 3.02. The molecule has 0 unspecified atom stereocenters. The van der Waals surface area contributed by atoms with Crippen molar-refractivity contribution in [1.29, 1.82) is 0 Å². The zero-order valence-corrected chi connectivity index (χ0v) is 18.5. The molecule has 0 aliphatic heterocycles. The van der Waals surface area contributed by atoms with Crippen LogP contribution in [0.4, 0.5) is 0 Å². The third-order valence-corrected chi connectivity index (χ3v) is 5.20. The summed E-state index contributed by atoms with van der Waals surface area (Å²) < 4.78 is 0. The van der Waals surface area contributed by atoms with Crippen LogP contribution in [-0.4, -0.2) is 34.7 Å². The van der Waals surface area contributed by atoms with E-state index in [1.54, 1.807) is 16.2 Å². The molecule has 4 nitrogen and oxygen atoms in total. The minimum atomic E-state index is -0.507. The van der Waals surface area contributed by atoms with Gasteiger partial charge in [-0.15, -0.1) is 11.3 Å². The van der Waals surface area contributed by atoms with E-state index in [0.717, 1.165) is 10.4 Å². The lowest BCUT2D eigenvalue weighted by Gasteiger charge is -2.32. The number of nitrogens with zero attached hydrogens (tertiary/aromatic N) is 2. The Balaban J connectivity index is 2.19. The van der Waals surface area contributed by atoms with Crippen molar-refractivity contribution in [3.8, 4) is 0 Å². The molecule has 2 rings (SSSR count). The van der Waals surface area contributed by atoms with Crippen LogP contribution in [0, 0.1) is 11.3 Å². The van der Waals surface area contributed by atoms with E-state index in [4.69, 9.17) is 0 Å². The van der Waals surface area contributed by atoms with Crippen molar-refractivity contribution >= 4 is 23.2 Å². The van der Waals surface area contributed by atoms with Crippen molar-refractivity contribution in [1.82, 2.24) is 9.80 Å². The van der Waals surface area contributed by atoms with E-state index >= 15 is 0 Å². The smallest absolute Gasteiger partial charge is 0.242 e. The standard InChI is InChI=1S/C23H32N2O2S/c1-18(2)14-25(22(27)23(3,4)5)17-21(26)24(16-20-12-9-13-28-20)15-19-10-7-6-8-11-19/h6-13,18H,14-17H2,1-5H3. The van der Waals surface area contributed by atoms with Gasteiger partial charge in [-0.25, -0.2) is 0 Å². The molecule has 0 bridgehead atoms. The van der Waals surface area contributed by atoms with E-state index in [0.29, 0.717) is 25.6 Å². The summed E-state index contributed by atoms with van der Waals surface area (Å²) >= 11 is 1.64. The molecule has 0 spiro atoms. The van der Waals surface area contributed by atoms with Gasteiger partial charge in [-0.3, -0.25) is 9.59 Å². The van der Waals surface area contributed by atoms with Crippen LogP contribution in [0.15, 0.2) is 47.8 Å². The van der Waals surface area contributed by atoms with Crippen LogP contribution in [0.1, 0.15) is 45.1 Å². The summed E-state index contributed by atoms with van der Waals surface area (Å²) in [6.45, 7) is 11.6. The van der Waals surface area contributed by atoms with Crippen LogP contribution in [-0.2, 0) is 22.7 Å². The molecule has 1 aromatic carbocycles. The maximum Gasteiger partial charge on any atom is 0.242 e. The van der Waals surface area contributed by atoms with Gasteiger partial charge in [0.15, 0.2) is 0 Å². The van der Waals surface area contributed by atoms with Crippen LogP contribution >= 0.6 is 11.3 Å². The number of rotatable bonds is 8. The number of carbonyl (C=O) groups is 2. The van der Waals surface area contributed by atoms with E-state index in [1.165, 1.54) is 0 Å². The molecule has 2 amide bonds. The van der Waals surface area contributed by atoms with Gasteiger partial charge >= 0.3 is 0 Å². The predicted molar refractivity (Wildman–Crippen MR) is 116 cm³/mol. The van der Waals surface area contributed by atoms with Gasteiger partial charge in [0.1, 0.15) is 0 Å². The first-order chi connectivity index (χ1) is 13.2. The first-order valence-electron chi connectivity index (χ1n) is 9.80. The molecule has 1 heterocycles. The molecule has 0 fully saturated rings. The molecule has 0 aliphatic rings. The fourth-order valence-corrected chi connectivity index (χ4v) is 3.74. The van der Waals surface area contributed by atoms with E-state index in [-0.39, 0.29) is 18.4 Å². The Morgan fingerprint density at radius 3 is 2.18 bits per heavy atom. The molecule has 0 radical (unpaired) electrons. The van der Waals surface area contributed by atoms with Crippen molar-refractivity contribution in [2.45, 2.75) is 47.7 Å². The minimum Gasteiger partial charge on any atom is -0.333 e. The molecule has 0 aliphatic carbocycles. The second-order valence-corrected chi connectivity index (χ2v) is 9.68. The zero-order valence-electron chi connectivity index (χ0n) is 17.6. The van der Waals surface area contributed by atoms with Crippen molar-refractivity contribution in [2.24, 2.45) is 11.3 Å². The Labute approximate surface area is 173 Å². The SMILES string of the molecule is CC(C)CN(CC(=O)N(Cc1ccccc1)Cc1cccs1)C(=O)C(C)(C)C. The Bertz CT molecular complexity index is 749. The second kappa shape index (κ2) is 9.87. The summed E-state index contributed by atoms with van der Waals surface area (Å²) in [7, 11) is 0. The highest BCUT2D eigenvalue weighted by Crippen LogP contribution is 2.20. The zero-order chi connectivity index (χ0) is 20.7. The number of hydrogen-bond donors (Lipinski definition) is 0. The van der Waals surface area contributed by atoms with Gasteiger partial charge in [-0.1, -0.05) is 71.0 Å². The van der Waals surface area contributed by atoms with Gasteiger partial charge in [0.25, 0.3) is 0 Å². The highest BCUT2D eigenvalue weighted by molar-refractivity contribution is 7.09. The van der Waals surface area contributed by atoms with Gasteiger partial charge in [-0.2, -0.15) is 0 Å². The maximum absolute atomic E-state index is 13.2. The molecular weight excluding hydrogens is 368 g/mol. The third kappa shape index (κ3) is 6.79. The van der Waals surface area contributed by atoms with E-state index in [9.17, 15) is 9.59 Å². The van der Waals surface area contributed by atoms with Gasteiger partial charge in [-0.05, 0) is 22.9 Å². The van der Waals surface area contributed by atoms with Crippen LogP contribution in [0.5, 0.6) is 0 Å². The van der Waals surface area contributed by atoms with E-state index in [1.807, 2.05) is 73.5 Å². The molecule has 0 atom stereocenters. The van der Waals surface area contributed by atoms with Crippen molar-refractivity contribution in [3.05, 3.63) is 58.3 Å². The summed E-state index contributed by atoms with van der Waals surface area (Å²) in [6, 6.07) is 14.0. The lowest BCUT2D eigenvalue weighted by molar-refractivity contribution is -0.146. The highest BCUT2D eigenvalue weighted by Gasteiger charge is 2.30. The summed E-state index contributed by atoms with van der Waals surface area (Å²) in [5.74, 6) is 0.305. The van der Waals surface area contributed by atoms with Gasteiger partial charge in [0.05, 0.1) is 13.1 Å². The van der Waals surface area contributed by atoms with Crippen molar-refractivity contribution in [2.75, 3.05) is 13.1 Å². The first-order valence-corrected chi connectivity index (χ1v) is 10.7.